The van der Waals surface area contributed by atoms with E-state index in [1.165, 1.54) is 34.5 Å². The summed E-state index contributed by atoms with van der Waals surface area (Å²) in [4.78, 5) is 25.0. The van der Waals surface area contributed by atoms with Gasteiger partial charge in [0.2, 0.25) is 0 Å². The quantitative estimate of drug-likeness (QED) is 0.601. The summed E-state index contributed by atoms with van der Waals surface area (Å²) in [6.07, 6.45) is 2.09. The van der Waals surface area contributed by atoms with Crippen LogP contribution in [0.15, 0.2) is 30.3 Å². The van der Waals surface area contributed by atoms with Gasteiger partial charge in [-0.1, -0.05) is 13.0 Å². The Morgan fingerprint density at radius 2 is 1.86 bits per heavy atom. The third-order valence-corrected chi connectivity index (χ3v) is 5.48. The zero-order valence-corrected chi connectivity index (χ0v) is 17.9. The molecule has 1 amide bonds. The second-order valence-electron chi connectivity index (χ2n) is 7.13. The Hall–Kier alpha value is -2.34. The van der Waals surface area contributed by atoms with Gasteiger partial charge in [0.05, 0.1) is 25.0 Å². The van der Waals surface area contributed by atoms with Crippen molar-refractivity contribution in [2.75, 3.05) is 20.3 Å². The highest BCUT2D eigenvalue weighted by Crippen LogP contribution is 2.21. The van der Waals surface area contributed by atoms with Crippen molar-refractivity contribution in [1.82, 2.24) is 5.32 Å². The first-order chi connectivity index (χ1) is 13.4. The monoisotopic (exact) mass is 403 g/mol. The van der Waals surface area contributed by atoms with Crippen LogP contribution in [0.5, 0.6) is 5.75 Å². The summed E-state index contributed by atoms with van der Waals surface area (Å²) in [5, 5.41) is 2.74. The smallest absolute Gasteiger partial charge is 0.307 e. The van der Waals surface area contributed by atoms with E-state index in [1.807, 2.05) is 12.1 Å². The highest BCUT2D eigenvalue weighted by molar-refractivity contribution is 7.14. The van der Waals surface area contributed by atoms with Gasteiger partial charge < -0.3 is 14.8 Å². The molecule has 28 heavy (non-hydrogen) atoms. The van der Waals surface area contributed by atoms with E-state index in [4.69, 9.17) is 4.74 Å². The molecule has 1 heterocycles. The Morgan fingerprint density at radius 1 is 1.14 bits per heavy atom. The zero-order valence-electron chi connectivity index (χ0n) is 17.0. The average molecular weight is 404 g/mol. The average Bonchev–Trinajstić information content (AvgIpc) is 3.13. The van der Waals surface area contributed by atoms with Gasteiger partial charge in [0.1, 0.15) is 5.75 Å². The Morgan fingerprint density at radius 3 is 2.54 bits per heavy atom. The molecule has 1 atom stereocenters. The largest absolute Gasteiger partial charge is 0.493 e. The van der Waals surface area contributed by atoms with Crippen molar-refractivity contribution in [1.29, 1.82) is 0 Å². The molecular formula is C22H29NO4S. The first-order valence-electron chi connectivity index (χ1n) is 9.52. The maximum absolute atomic E-state index is 12.1. The van der Waals surface area contributed by atoms with Crippen molar-refractivity contribution < 1.29 is 19.1 Å². The minimum absolute atomic E-state index is 0.147. The highest BCUT2D eigenvalue weighted by Gasteiger charge is 2.11. The number of methoxy groups -OCH3 is 1. The molecule has 2 rings (SSSR count). The number of amides is 1. The van der Waals surface area contributed by atoms with Gasteiger partial charge in [-0.3, -0.25) is 9.59 Å². The Balaban J connectivity index is 1.73. The van der Waals surface area contributed by atoms with E-state index in [9.17, 15) is 9.59 Å². The van der Waals surface area contributed by atoms with Crippen molar-refractivity contribution in [3.05, 3.63) is 51.2 Å². The number of nitrogens with one attached hydrogen (secondary N) is 1. The lowest BCUT2D eigenvalue weighted by Crippen LogP contribution is -2.25. The van der Waals surface area contributed by atoms with Gasteiger partial charge >= 0.3 is 5.97 Å². The molecule has 6 heteroatoms. The lowest BCUT2D eigenvalue weighted by molar-refractivity contribution is -0.140. The van der Waals surface area contributed by atoms with Gasteiger partial charge in [0.25, 0.3) is 5.91 Å². The highest BCUT2D eigenvalue weighted by atomic mass is 32.1. The number of rotatable bonds is 10. The molecule has 0 saturated carbocycles. The van der Waals surface area contributed by atoms with Crippen LogP contribution in [0.25, 0.3) is 0 Å². The number of hydrogen-bond acceptors (Lipinski definition) is 5. The normalized spacial score (nSPS) is 11.7. The van der Waals surface area contributed by atoms with Gasteiger partial charge in [-0.2, -0.15) is 0 Å². The lowest BCUT2D eigenvalue weighted by Gasteiger charge is -2.13. The van der Waals surface area contributed by atoms with E-state index >= 15 is 0 Å². The van der Waals surface area contributed by atoms with Crippen molar-refractivity contribution in [2.45, 2.75) is 40.0 Å². The number of carbonyl (C=O) groups is 2. The zero-order chi connectivity index (χ0) is 20.5. The molecule has 0 bridgehead atoms. The Kier molecular flexibility index (Phi) is 8.51. The maximum atomic E-state index is 12.1. The second-order valence-corrected chi connectivity index (χ2v) is 8.29. The van der Waals surface area contributed by atoms with Gasteiger partial charge in [-0.25, -0.2) is 0 Å². The number of hydrogen-bond donors (Lipinski definition) is 1. The topological polar surface area (TPSA) is 64.6 Å². The predicted octanol–water partition coefficient (Wildman–Crippen LogP) is 4.31. The van der Waals surface area contributed by atoms with E-state index in [0.29, 0.717) is 17.4 Å². The summed E-state index contributed by atoms with van der Waals surface area (Å²) < 4.78 is 10.5. The van der Waals surface area contributed by atoms with Crippen LogP contribution in [0, 0.1) is 19.8 Å². The van der Waals surface area contributed by atoms with Crippen molar-refractivity contribution in [3.8, 4) is 5.75 Å². The molecule has 0 aliphatic rings. The first-order valence-corrected chi connectivity index (χ1v) is 10.3. The SMILES string of the molecule is COC(=O)CCNC(=O)c1ccc(CCC(C)COc2cc(C)cc(C)c2)s1. The first kappa shape index (κ1) is 22.0. The van der Waals surface area contributed by atoms with Crippen LogP contribution in [0.2, 0.25) is 0 Å². The number of aryl methyl sites for hydroxylation is 3. The lowest BCUT2D eigenvalue weighted by atomic mass is 10.1. The van der Waals surface area contributed by atoms with Crippen molar-refractivity contribution >= 4 is 23.2 Å². The summed E-state index contributed by atoms with van der Waals surface area (Å²) in [5.74, 6) is 0.863. The summed E-state index contributed by atoms with van der Waals surface area (Å²) in [5.41, 5.74) is 2.41. The number of carbonyl (C=O) groups excluding carboxylic acids is 2. The number of thiophene rings is 1. The molecule has 152 valence electrons. The van der Waals surface area contributed by atoms with Gasteiger partial charge in [0.15, 0.2) is 0 Å². The molecule has 0 fully saturated rings. The molecule has 0 radical (unpaired) electrons. The van der Waals surface area contributed by atoms with E-state index in [2.05, 4.69) is 49.0 Å². The van der Waals surface area contributed by atoms with E-state index < -0.39 is 0 Å². The third kappa shape index (κ3) is 7.35. The molecule has 1 aromatic heterocycles. The summed E-state index contributed by atoms with van der Waals surface area (Å²) in [7, 11) is 1.34. The fraction of sp³-hybridized carbons (Fsp3) is 0.455. The van der Waals surface area contributed by atoms with Crippen LogP contribution < -0.4 is 10.1 Å². The fourth-order valence-electron chi connectivity index (χ4n) is 2.83. The molecule has 1 aromatic carbocycles. The molecule has 0 aliphatic carbocycles. The van der Waals surface area contributed by atoms with Crippen LogP contribution in [-0.4, -0.2) is 32.1 Å². The number of esters is 1. The van der Waals surface area contributed by atoms with Gasteiger partial charge in [0, 0.05) is 11.4 Å². The standard InChI is InChI=1S/C22H29NO4S/c1-15(14-27-18-12-16(2)11-17(3)13-18)5-6-19-7-8-20(28-19)22(25)23-10-9-21(24)26-4/h7-8,11-13,15H,5-6,9-10,14H2,1-4H3,(H,23,25). The summed E-state index contributed by atoms with van der Waals surface area (Å²) in [6.45, 7) is 7.28. The summed E-state index contributed by atoms with van der Waals surface area (Å²) >= 11 is 1.50. The minimum Gasteiger partial charge on any atom is -0.493 e. The molecule has 2 aromatic rings. The third-order valence-electron chi connectivity index (χ3n) is 4.34. The van der Waals surface area contributed by atoms with Crippen molar-refractivity contribution in [2.24, 2.45) is 5.92 Å². The van der Waals surface area contributed by atoms with E-state index in [-0.39, 0.29) is 24.8 Å². The van der Waals surface area contributed by atoms with E-state index in [1.54, 1.807) is 0 Å². The molecule has 5 nitrogen and oxygen atoms in total. The van der Waals surface area contributed by atoms with Crippen molar-refractivity contribution in [3.63, 3.8) is 0 Å². The predicted molar refractivity (Wildman–Crippen MR) is 112 cm³/mol. The van der Waals surface area contributed by atoms with Gasteiger partial charge in [-0.05, 0) is 68.0 Å². The summed E-state index contributed by atoms with van der Waals surface area (Å²) in [6, 6.07) is 10.1. The maximum Gasteiger partial charge on any atom is 0.307 e. The molecule has 0 saturated heterocycles. The molecule has 1 N–H and O–H groups in total. The molecular weight excluding hydrogens is 374 g/mol. The molecule has 0 aliphatic heterocycles. The Labute approximate surface area is 171 Å². The van der Waals surface area contributed by atoms with Crippen LogP contribution in [0.3, 0.4) is 0 Å². The Bertz CT molecular complexity index is 779. The van der Waals surface area contributed by atoms with Crippen LogP contribution >= 0.6 is 11.3 Å². The number of ether oxygens (including phenoxy) is 2. The number of benzene rings is 1. The molecule has 0 spiro atoms. The molecule has 1 unspecified atom stereocenters. The fourth-order valence-corrected chi connectivity index (χ4v) is 3.77. The van der Waals surface area contributed by atoms with Gasteiger partial charge in [-0.15, -0.1) is 11.3 Å². The van der Waals surface area contributed by atoms with Crippen LogP contribution in [-0.2, 0) is 16.0 Å². The second kappa shape index (κ2) is 10.9. The van der Waals surface area contributed by atoms with Crippen LogP contribution in [0.1, 0.15) is 45.4 Å². The van der Waals surface area contributed by atoms with Crippen LogP contribution in [0.4, 0.5) is 0 Å². The van der Waals surface area contributed by atoms with E-state index in [0.717, 1.165) is 18.6 Å². The minimum atomic E-state index is -0.329.